The Kier molecular flexibility index (Phi) is 5.73. The maximum absolute atomic E-state index is 6.30. The summed E-state index contributed by atoms with van der Waals surface area (Å²) < 4.78 is 11.1. The molecule has 0 aromatic heterocycles. The summed E-state index contributed by atoms with van der Waals surface area (Å²) in [5.74, 6) is 0.764. The lowest BCUT2D eigenvalue weighted by Gasteiger charge is -2.40. The maximum atomic E-state index is 6.30. The molecular formula is C13H27NO2. The highest BCUT2D eigenvalue weighted by Gasteiger charge is 2.38. The van der Waals surface area contributed by atoms with Crippen LogP contribution >= 0.6 is 0 Å². The van der Waals surface area contributed by atoms with Gasteiger partial charge in [-0.3, -0.25) is 0 Å². The highest BCUT2D eigenvalue weighted by Crippen LogP contribution is 2.29. The van der Waals surface area contributed by atoms with Crippen molar-refractivity contribution in [3.8, 4) is 0 Å². The average Bonchev–Trinajstić information content (AvgIpc) is 2.29. The van der Waals surface area contributed by atoms with Crippen LogP contribution in [0.15, 0.2) is 0 Å². The van der Waals surface area contributed by atoms with E-state index in [1.807, 2.05) is 0 Å². The second-order valence-corrected chi connectivity index (χ2v) is 5.31. The first-order valence-electron chi connectivity index (χ1n) is 6.49. The van der Waals surface area contributed by atoms with Crippen LogP contribution in [0.25, 0.3) is 0 Å². The van der Waals surface area contributed by atoms with Gasteiger partial charge in [-0.1, -0.05) is 26.7 Å². The number of nitrogens with two attached hydrogens (primary N) is 1. The van der Waals surface area contributed by atoms with E-state index in [4.69, 9.17) is 15.2 Å². The summed E-state index contributed by atoms with van der Waals surface area (Å²) in [5.41, 5.74) is 6.17. The molecule has 0 amide bonds. The molecule has 1 aliphatic heterocycles. The standard InChI is InChI=1S/C13H27NO2/c1-11(2)5-4-6-12(14)13(15-3)7-9-16-10-8-13/h11-12H,4-10,14H2,1-3H3. The molecule has 16 heavy (non-hydrogen) atoms. The molecule has 1 fully saturated rings. The lowest BCUT2D eigenvalue weighted by Crippen LogP contribution is -2.52. The molecule has 0 spiro atoms. The topological polar surface area (TPSA) is 44.5 Å². The van der Waals surface area contributed by atoms with Crippen LogP contribution in [-0.2, 0) is 9.47 Å². The third-order valence-electron chi connectivity index (χ3n) is 3.72. The summed E-state index contributed by atoms with van der Waals surface area (Å²) >= 11 is 0. The molecule has 0 saturated carbocycles. The van der Waals surface area contributed by atoms with E-state index >= 15 is 0 Å². The Morgan fingerprint density at radius 1 is 1.25 bits per heavy atom. The van der Waals surface area contributed by atoms with Gasteiger partial charge in [0.1, 0.15) is 0 Å². The van der Waals surface area contributed by atoms with Gasteiger partial charge in [-0.15, -0.1) is 0 Å². The van der Waals surface area contributed by atoms with Gasteiger partial charge < -0.3 is 15.2 Å². The summed E-state index contributed by atoms with van der Waals surface area (Å²) in [6.07, 6.45) is 5.39. The molecule has 3 nitrogen and oxygen atoms in total. The number of ether oxygens (including phenoxy) is 2. The van der Waals surface area contributed by atoms with E-state index in [1.165, 1.54) is 12.8 Å². The van der Waals surface area contributed by atoms with Crippen molar-refractivity contribution in [2.24, 2.45) is 11.7 Å². The molecule has 1 unspecified atom stereocenters. The SMILES string of the molecule is COC1(C(N)CCCC(C)C)CCOCC1. The molecule has 1 atom stereocenters. The zero-order valence-corrected chi connectivity index (χ0v) is 11.0. The Balaban J connectivity index is 2.39. The Morgan fingerprint density at radius 2 is 1.88 bits per heavy atom. The molecule has 1 rings (SSSR count). The molecule has 0 bridgehead atoms. The Morgan fingerprint density at radius 3 is 2.38 bits per heavy atom. The fourth-order valence-electron chi connectivity index (χ4n) is 2.45. The van der Waals surface area contributed by atoms with Crippen LogP contribution in [0.3, 0.4) is 0 Å². The van der Waals surface area contributed by atoms with Gasteiger partial charge in [0.2, 0.25) is 0 Å². The molecule has 3 heteroatoms. The van der Waals surface area contributed by atoms with E-state index in [0.717, 1.165) is 38.4 Å². The molecule has 0 aromatic rings. The first-order chi connectivity index (χ1) is 7.60. The molecule has 1 aliphatic rings. The van der Waals surface area contributed by atoms with Crippen LogP contribution in [0.1, 0.15) is 46.0 Å². The lowest BCUT2D eigenvalue weighted by atomic mass is 9.83. The minimum atomic E-state index is -0.130. The molecule has 0 aromatic carbocycles. The average molecular weight is 229 g/mol. The monoisotopic (exact) mass is 229 g/mol. The third-order valence-corrected chi connectivity index (χ3v) is 3.72. The summed E-state index contributed by atoms with van der Waals surface area (Å²) in [4.78, 5) is 0. The first kappa shape index (κ1) is 13.9. The lowest BCUT2D eigenvalue weighted by molar-refractivity contribution is -0.105. The summed E-state index contributed by atoms with van der Waals surface area (Å²) in [5, 5.41) is 0. The van der Waals surface area contributed by atoms with Crippen LogP contribution in [-0.4, -0.2) is 32.0 Å². The van der Waals surface area contributed by atoms with E-state index in [9.17, 15) is 0 Å². The Hall–Kier alpha value is -0.120. The van der Waals surface area contributed by atoms with Crippen molar-refractivity contribution in [1.82, 2.24) is 0 Å². The Bertz CT molecular complexity index is 188. The largest absolute Gasteiger partial charge is 0.381 e. The smallest absolute Gasteiger partial charge is 0.0872 e. The van der Waals surface area contributed by atoms with Crippen LogP contribution in [0.2, 0.25) is 0 Å². The molecule has 96 valence electrons. The zero-order valence-electron chi connectivity index (χ0n) is 11.0. The van der Waals surface area contributed by atoms with Crippen molar-refractivity contribution in [3.05, 3.63) is 0 Å². The summed E-state index contributed by atoms with van der Waals surface area (Å²) in [6, 6.07) is 0.153. The molecule has 0 aliphatic carbocycles. The van der Waals surface area contributed by atoms with Gasteiger partial charge in [-0.25, -0.2) is 0 Å². The molecule has 2 N–H and O–H groups in total. The highest BCUT2D eigenvalue weighted by molar-refractivity contribution is 4.92. The van der Waals surface area contributed by atoms with Crippen molar-refractivity contribution >= 4 is 0 Å². The van der Waals surface area contributed by atoms with Gasteiger partial charge in [-0.05, 0) is 12.3 Å². The van der Waals surface area contributed by atoms with E-state index < -0.39 is 0 Å². The number of methoxy groups -OCH3 is 1. The Labute approximate surface area is 99.7 Å². The van der Waals surface area contributed by atoms with E-state index in [-0.39, 0.29) is 11.6 Å². The van der Waals surface area contributed by atoms with Crippen molar-refractivity contribution in [1.29, 1.82) is 0 Å². The quantitative estimate of drug-likeness (QED) is 0.760. The van der Waals surface area contributed by atoms with E-state index in [0.29, 0.717) is 0 Å². The number of hydrogen-bond acceptors (Lipinski definition) is 3. The van der Waals surface area contributed by atoms with Gasteiger partial charge in [0.05, 0.1) is 5.60 Å². The predicted octanol–water partition coefficient (Wildman–Crippen LogP) is 2.34. The van der Waals surface area contributed by atoms with Crippen molar-refractivity contribution in [3.63, 3.8) is 0 Å². The fraction of sp³-hybridized carbons (Fsp3) is 1.00. The van der Waals surface area contributed by atoms with Crippen LogP contribution in [0, 0.1) is 5.92 Å². The van der Waals surface area contributed by atoms with Crippen LogP contribution in [0.5, 0.6) is 0 Å². The van der Waals surface area contributed by atoms with Crippen molar-refractivity contribution < 1.29 is 9.47 Å². The molecule has 1 heterocycles. The second kappa shape index (κ2) is 6.58. The zero-order chi connectivity index (χ0) is 12.0. The van der Waals surface area contributed by atoms with Gasteiger partial charge in [0.15, 0.2) is 0 Å². The van der Waals surface area contributed by atoms with E-state index in [2.05, 4.69) is 13.8 Å². The number of rotatable bonds is 6. The van der Waals surface area contributed by atoms with Crippen LogP contribution < -0.4 is 5.73 Å². The first-order valence-corrected chi connectivity index (χ1v) is 6.49. The summed E-state index contributed by atoms with van der Waals surface area (Å²) in [6.45, 7) is 6.08. The minimum Gasteiger partial charge on any atom is -0.381 e. The minimum absolute atomic E-state index is 0.130. The van der Waals surface area contributed by atoms with Gasteiger partial charge in [0, 0.05) is 39.2 Å². The summed E-state index contributed by atoms with van der Waals surface area (Å²) in [7, 11) is 1.79. The molecular weight excluding hydrogens is 202 g/mol. The van der Waals surface area contributed by atoms with Crippen molar-refractivity contribution in [2.75, 3.05) is 20.3 Å². The third kappa shape index (κ3) is 3.72. The van der Waals surface area contributed by atoms with Crippen molar-refractivity contribution in [2.45, 2.75) is 57.6 Å². The molecule has 1 saturated heterocycles. The fourth-order valence-corrected chi connectivity index (χ4v) is 2.45. The number of hydrogen-bond donors (Lipinski definition) is 1. The molecule has 0 radical (unpaired) electrons. The maximum Gasteiger partial charge on any atom is 0.0872 e. The second-order valence-electron chi connectivity index (χ2n) is 5.31. The van der Waals surface area contributed by atoms with Gasteiger partial charge in [0.25, 0.3) is 0 Å². The highest BCUT2D eigenvalue weighted by atomic mass is 16.5. The predicted molar refractivity (Wildman–Crippen MR) is 66.5 cm³/mol. The van der Waals surface area contributed by atoms with Gasteiger partial charge >= 0.3 is 0 Å². The van der Waals surface area contributed by atoms with Crippen LogP contribution in [0.4, 0.5) is 0 Å². The normalized spacial score (nSPS) is 22.3. The van der Waals surface area contributed by atoms with E-state index in [1.54, 1.807) is 7.11 Å². The van der Waals surface area contributed by atoms with Gasteiger partial charge in [-0.2, -0.15) is 0 Å².